The molecule has 5 heteroatoms. The summed E-state index contributed by atoms with van der Waals surface area (Å²) < 4.78 is 0. The normalized spacial score (nSPS) is 14.4. The Hall–Kier alpha value is -2.95. The average Bonchev–Trinajstić information content (AvgIpc) is 2.86. The number of carbonyl (C=O) groups excluding carboxylic acids is 2. The van der Waals surface area contributed by atoms with Crippen LogP contribution in [-0.4, -0.2) is 22.9 Å². The van der Waals surface area contributed by atoms with Crippen molar-refractivity contribution in [3.8, 4) is 11.1 Å². The SMILES string of the molecule is Cc1ccc(C(=O)O)c(-c2ccccc2)c1N1C(=O)CCC1=O. The van der Waals surface area contributed by atoms with Crippen molar-refractivity contribution in [1.29, 1.82) is 0 Å². The summed E-state index contributed by atoms with van der Waals surface area (Å²) in [6.45, 7) is 1.77. The molecule has 23 heavy (non-hydrogen) atoms. The van der Waals surface area contributed by atoms with Crippen molar-refractivity contribution in [2.75, 3.05) is 4.90 Å². The summed E-state index contributed by atoms with van der Waals surface area (Å²) >= 11 is 0. The van der Waals surface area contributed by atoms with Gasteiger partial charge in [-0.1, -0.05) is 36.4 Å². The Bertz CT molecular complexity index is 795. The molecule has 0 saturated carbocycles. The van der Waals surface area contributed by atoms with Crippen LogP contribution >= 0.6 is 0 Å². The van der Waals surface area contributed by atoms with Crippen molar-refractivity contribution in [3.05, 3.63) is 53.6 Å². The molecular weight excluding hydrogens is 294 g/mol. The third-order valence-electron chi connectivity index (χ3n) is 3.95. The van der Waals surface area contributed by atoms with Gasteiger partial charge in [-0.05, 0) is 24.1 Å². The maximum absolute atomic E-state index is 12.2. The van der Waals surface area contributed by atoms with Gasteiger partial charge < -0.3 is 5.11 Å². The Morgan fingerprint density at radius 1 is 1.00 bits per heavy atom. The summed E-state index contributed by atoms with van der Waals surface area (Å²) in [6.07, 6.45) is 0.313. The second-order valence-electron chi connectivity index (χ2n) is 5.45. The Labute approximate surface area is 133 Å². The highest BCUT2D eigenvalue weighted by Gasteiger charge is 2.34. The lowest BCUT2D eigenvalue weighted by Crippen LogP contribution is -2.30. The molecule has 5 nitrogen and oxygen atoms in total. The summed E-state index contributed by atoms with van der Waals surface area (Å²) in [6, 6.07) is 12.1. The van der Waals surface area contributed by atoms with E-state index < -0.39 is 5.97 Å². The second-order valence-corrected chi connectivity index (χ2v) is 5.45. The summed E-state index contributed by atoms with van der Waals surface area (Å²) in [5, 5.41) is 9.53. The van der Waals surface area contributed by atoms with E-state index in [9.17, 15) is 19.5 Å². The number of nitrogens with zero attached hydrogens (tertiary/aromatic N) is 1. The summed E-state index contributed by atoms with van der Waals surface area (Å²) in [7, 11) is 0. The minimum atomic E-state index is -1.09. The van der Waals surface area contributed by atoms with Gasteiger partial charge in [0, 0.05) is 18.4 Å². The number of carboxylic acid groups (broad SMARTS) is 1. The Morgan fingerprint density at radius 2 is 1.61 bits per heavy atom. The van der Waals surface area contributed by atoms with Crippen LogP contribution in [0.15, 0.2) is 42.5 Å². The van der Waals surface area contributed by atoms with Crippen LogP contribution in [0.4, 0.5) is 5.69 Å². The van der Waals surface area contributed by atoms with E-state index in [2.05, 4.69) is 0 Å². The van der Waals surface area contributed by atoms with Gasteiger partial charge in [0.15, 0.2) is 0 Å². The van der Waals surface area contributed by atoms with Crippen LogP contribution in [-0.2, 0) is 9.59 Å². The van der Waals surface area contributed by atoms with Crippen LogP contribution in [0.3, 0.4) is 0 Å². The van der Waals surface area contributed by atoms with Gasteiger partial charge in [0.2, 0.25) is 11.8 Å². The van der Waals surface area contributed by atoms with E-state index in [0.717, 1.165) is 4.90 Å². The molecule has 2 aromatic rings. The van der Waals surface area contributed by atoms with Crippen LogP contribution in [0.2, 0.25) is 0 Å². The third kappa shape index (κ3) is 2.50. The van der Waals surface area contributed by atoms with Gasteiger partial charge in [-0.3, -0.25) is 9.59 Å². The molecule has 0 radical (unpaired) electrons. The van der Waals surface area contributed by atoms with E-state index in [4.69, 9.17) is 0 Å². The lowest BCUT2D eigenvalue weighted by Gasteiger charge is -2.22. The average molecular weight is 309 g/mol. The number of carboxylic acids is 1. The topological polar surface area (TPSA) is 74.7 Å². The number of amides is 2. The highest BCUT2D eigenvalue weighted by atomic mass is 16.4. The zero-order chi connectivity index (χ0) is 16.6. The number of carbonyl (C=O) groups is 3. The molecule has 0 aliphatic carbocycles. The van der Waals surface area contributed by atoms with Gasteiger partial charge in [0.1, 0.15) is 0 Å². The highest BCUT2D eigenvalue weighted by molar-refractivity contribution is 6.22. The van der Waals surface area contributed by atoms with Crippen molar-refractivity contribution in [2.45, 2.75) is 19.8 Å². The van der Waals surface area contributed by atoms with Crippen molar-refractivity contribution in [1.82, 2.24) is 0 Å². The van der Waals surface area contributed by atoms with Crippen LogP contribution < -0.4 is 4.90 Å². The Balaban J connectivity index is 2.34. The van der Waals surface area contributed by atoms with E-state index >= 15 is 0 Å². The fourth-order valence-electron chi connectivity index (χ4n) is 2.88. The molecular formula is C18H15NO4. The maximum atomic E-state index is 12.2. The van der Waals surface area contributed by atoms with Crippen LogP contribution in [0.25, 0.3) is 11.1 Å². The number of hydrogen-bond donors (Lipinski definition) is 1. The minimum absolute atomic E-state index is 0.0734. The van der Waals surface area contributed by atoms with E-state index in [-0.39, 0.29) is 30.2 Å². The predicted molar refractivity (Wildman–Crippen MR) is 85.3 cm³/mol. The molecule has 0 atom stereocenters. The second kappa shape index (κ2) is 5.68. The molecule has 0 unspecified atom stereocenters. The molecule has 1 fully saturated rings. The van der Waals surface area contributed by atoms with Gasteiger partial charge in [-0.25, -0.2) is 9.69 Å². The van der Waals surface area contributed by atoms with Crippen molar-refractivity contribution < 1.29 is 19.5 Å². The number of aromatic carboxylic acids is 1. The zero-order valence-electron chi connectivity index (χ0n) is 12.6. The molecule has 0 aromatic heterocycles. The highest BCUT2D eigenvalue weighted by Crippen LogP contribution is 2.39. The first-order valence-electron chi connectivity index (χ1n) is 7.29. The number of imide groups is 1. The molecule has 2 amide bonds. The van der Waals surface area contributed by atoms with Gasteiger partial charge in [-0.15, -0.1) is 0 Å². The molecule has 1 saturated heterocycles. The van der Waals surface area contributed by atoms with Gasteiger partial charge in [0.05, 0.1) is 11.3 Å². The number of benzene rings is 2. The molecule has 0 bridgehead atoms. The van der Waals surface area contributed by atoms with E-state index in [1.54, 1.807) is 37.3 Å². The number of anilines is 1. The summed E-state index contributed by atoms with van der Waals surface area (Å²) in [5.41, 5.74) is 2.21. The van der Waals surface area contributed by atoms with Gasteiger partial charge >= 0.3 is 5.97 Å². The quantitative estimate of drug-likeness (QED) is 0.884. The first-order chi connectivity index (χ1) is 11.0. The summed E-state index contributed by atoms with van der Waals surface area (Å²) in [4.78, 5) is 37.1. The molecule has 2 aromatic carbocycles. The predicted octanol–water partition coefficient (Wildman–Crippen LogP) is 3.01. The lowest BCUT2D eigenvalue weighted by atomic mass is 9.94. The van der Waals surface area contributed by atoms with Crippen molar-refractivity contribution in [2.24, 2.45) is 0 Å². The standard InChI is InChI=1S/C18H15NO4/c1-11-7-8-13(18(22)23)16(12-5-3-2-4-6-12)17(11)19-14(20)9-10-15(19)21/h2-8H,9-10H2,1H3,(H,22,23). The fraction of sp³-hybridized carbons (Fsp3) is 0.167. The van der Waals surface area contributed by atoms with Crippen LogP contribution in [0.1, 0.15) is 28.8 Å². The van der Waals surface area contributed by atoms with Crippen LogP contribution in [0.5, 0.6) is 0 Å². The van der Waals surface area contributed by atoms with Gasteiger partial charge in [0.25, 0.3) is 0 Å². The lowest BCUT2D eigenvalue weighted by molar-refractivity contribution is -0.121. The van der Waals surface area contributed by atoms with E-state index in [0.29, 0.717) is 22.4 Å². The zero-order valence-corrected chi connectivity index (χ0v) is 12.6. The number of rotatable bonds is 3. The third-order valence-corrected chi connectivity index (χ3v) is 3.95. The van der Waals surface area contributed by atoms with Gasteiger partial charge in [-0.2, -0.15) is 0 Å². The van der Waals surface area contributed by atoms with Crippen molar-refractivity contribution >= 4 is 23.5 Å². The maximum Gasteiger partial charge on any atom is 0.336 e. The molecule has 1 aliphatic rings. The Kier molecular flexibility index (Phi) is 3.70. The number of aryl methyl sites for hydroxylation is 1. The van der Waals surface area contributed by atoms with E-state index in [1.807, 2.05) is 6.07 Å². The first kappa shape index (κ1) is 15.0. The largest absolute Gasteiger partial charge is 0.478 e. The smallest absolute Gasteiger partial charge is 0.336 e. The fourth-order valence-corrected chi connectivity index (χ4v) is 2.88. The summed E-state index contributed by atoms with van der Waals surface area (Å²) in [5.74, 6) is -1.68. The molecule has 1 aliphatic heterocycles. The Morgan fingerprint density at radius 3 is 2.17 bits per heavy atom. The molecule has 1 N–H and O–H groups in total. The molecule has 0 spiro atoms. The molecule has 3 rings (SSSR count). The number of hydrogen-bond acceptors (Lipinski definition) is 3. The molecule has 1 heterocycles. The van der Waals surface area contributed by atoms with Crippen molar-refractivity contribution in [3.63, 3.8) is 0 Å². The minimum Gasteiger partial charge on any atom is -0.478 e. The monoisotopic (exact) mass is 309 g/mol. The van der Waals surface area contributed by atoms with E-state index in [1.165, 1.54) is 6.07 Å². The molecule has 116 valence electrons. The van der Waals surface area contributed by atoms with Crippen LogP contribution in [0, 0.1) is 6.92 Å². The first-order valence-corrected chi connectivity index (χ1v) is 7.29.